The van der Waals surface area contributed by atoms with Crippen LogP contribution in [0.2, 0.25) is 0 Å². The minimum atomic E-state index is -1.10. The quantitative estimate of drug-likeness (QED) is 0.874. The van der Waals surface area contributed by atoms with Gasteiger partial charge < -0.3 is 4.55 Å². The molecule has 0 radical (unpaired) electrons. The van der Waals surface area contributed by atoms with Crippen LogP contribution in [0.3, 0.4) is 0 Å². The Morgan fingerprint density at radius 2 is 2.05 bits per heavy atom. The molecule has 0 saturated carbocycles. The van der Waals surface area contributed by atoms with Crippen molar-refractivity contribution in [2.45, 2.75) is 38.5 Å². The molecule has 0 amide bonds. The van der Waals surface area contributed by atoms with Crippen LogP contribution >= 0.6 is 0 Å². The number of nitrogens with zero attached hydrogens (tertiary/aromatic N) is 3. The summed E-state index contributed by atoms with van der Waals surface area (Å²) in [4.78, 5) is 4.39. The molecule has 0 fully saturated rings. The highest BCUT2D eigenvalue weighted by Gasteiger charge is 2.28. The van der Waals surface area contributed by atoms with E-state index in [1.807, 2.05) is 47.0 Å². The number of hydrogen-bond donors (Lipinski definition) is 1. The first-order chi connectivity index (χ1) is 8.79. The standard InChI is InChI=1S/C13H20N4OS/c1-9(16-19(18)13(2,3)4)10-6-11-8-15-17(5)12(11)14-7-10/h6-9,16H,1-5H3/t9-,19?/m1/s1. The Hall–Kier alpha value is -1.11. The van der Waals surface area contributed by atoms with Gasteiger partial charge in [-0.1, -0.05) is 0 Å². The van der Waals surface area contributed by atoms with Crippen molar-refractivity contribution in [2.75, 3.05) is 0 Å². The van der Waals surface area contributed by atoms with Crippen molar-refractivity contribution in [1.29, 1.82) is 0 Å². The van der Waals surface area contributed by atoms with Gasteiger partial charge in [-0.3, -0.25) is 4.68 Å². The van der Waals surface area contributed by atoms with E-state index in [2.05, 4.69) is 14.8 Å². The molecule has 6 heteroatoms. The third kappa shape index (κ3) is 3.08. The Kier molecular flexibility index (Phi) is 3.85. The Labute approximate surface area is 116 Å². The number of nitrogens with one attached hydrogen (secondary N) is 1. The molecule has 19 heavy (non-hydrogen) atoms. The summed E-state index contributed by atoms with van der Waals surface area (Å²) in [7, 11) is 1.87. The topological polar surface area (TPSA) is 65.8 Å². The molecule has 104 valence electrons. The normalized spacial score (nSPS) is 15.7. The molecule has 2 heterocycles. The molecule has 2 aromatic rings. The van der Waals surface area contributed by atoms with Crippen LogP contribution in [0.4, 0.5) is 0 Å². The molecule has 0 spiro atoms. The summed E-state index contributed by atoms with van der Waals surface area (Å²) >= 11 is -1.10. The Morgan fingerprint density at radius 3 is 2.68 bits per heavy atom. The molecule has 0 aliphatic rings. The van der Waals surface area contributed by atoms with Gasteiger partial charge in [0.05, 0.1) is 12.2 Å². The number of fused-ring (bicyclic) bond motifs is 1. The lowest BCUT2D eigenvalue weighted by molar-refractivity contribution is 0.531. The second-order valence-corrected chi connectivity index (χ2v) is 7.67. The van der Waals surface area contributed by atoms with Crippen LogP contribution in [0.25, 0.3) is 11.0 Å². The Morgan fingerprint density at radius 1 is 1.37 bits per heavy atom. The zero-order valence-electron chi connectivity index (χ0n) is 12.0. The molecular formula is C13H20N4OS. The monoisotopic (exact) mass is 280 g/mol. The highest BCUT2D eigenvalue weighted by Crippen LogP contribution is 2.21. The molecule has 2 rings (SSSR count). The van der Waals surface area contributed by atoms with Gasteiger partial charge in [0, 0.05) is 30.0 Å². The largest absolute Gasteiger partial charge is 0.598 e. The van der Waals surface area contributed by atoms with Gasteiger partial charge in [0.1, 0.15) is 4.75 Å². The Bertz CT molecular complexity index is 576. The van der Waals surface area contributed by atoms with Crippen molar-refractivity contribution < 1.29 is 4.55 Å². The van der Waals surface area contributed by atoms with E-state index in [1.165, 1.54) is 0 Å². The van der Waals surface area contributed by atoms with E-state index in [-0.39, 0.29) is 10.8 Å². The first-order valence-corrected chi connectivity index (χ1v) is 7.39. The fraction of sp³-hybridized carbons (Fsp3) is 0.538. The van der Waals surface area contributed by atoms with Gasteiger partial charge in [-0.05, 0) is 39.3 Å². The molecule has 0 aliphatic heterocycles. The van der Waals surface area contributed by atoms with Crippen LogP contribution in [0.15, 0.2) is 18.5 Å². The zero-order valence-corrected chi connectivity index (χ0v) is 12.8. The molecule has 0 bridgehead atoms. The SMILES string of the molecule is C[C@@H](N[S+]([O-])C(C)(C)C)c1cnc2c(cnn2C)c1. The first-order valence-electron chi connectivity index (χ1n) is 6.25. The van der Waals surface area contributed by atoms with Crippen molar-refractivity contribution >= 4 is 22.4 Å². The van der Waals surface area contributed by atoms with Gasteiger partial charge in [0.2, 0.25) is 0 Å². The van der Waals surface area contributed by atoms with Crippen molar-refractivity contribution in [3.63, 3.8) is 0 Å². The summed E-state index contributed by atoms with van der Waals surface area (Å²) in [6, 6.07) is 2.02. The van der Waals surface area contributed by atoms with Crippen LogP contribution < -0.4 is 4.72 Å². The predicted molar refractivity (Wildman–Crippen MR) is 78.0 cm³/mol. The average molecular weight is 280 g/mol. The lowest BCUT2D eigenvalue weighted by Crippen LogP contribution is -2.40. The molecule has 0 saturated heterocycles. The molecular weight excluding hydrogens is 260 g/mol. The number of hydrogen-bond acceptors (Lipinski definition) is 4. The maximum Gasteiger partial charge on any atom is 0.157 e. The zero-order chi connectivity index (χ0) is 14.2. The number of aryl methyl sites for hydroxylation is 1. The molecule has 1 N–H and O–H groups in total. The molecule has 2 atom stereocenters. The van der Waals surface area contributed by atoms with Gasteiger partial charge >= 0.3 is 0 Å². The number of aromatic nitrogens is 3. The first kappa shape index (κ1) is 14.3. The molecule has 0 aliphatic carbocycles. The van der Waals surface area contributed by atoms with Crippen LogP contribution in [0, 0.1) is 0 Å². The fourth-order valence-corrected chi connectivity index (χ4v) is 2.51. The average Bonchev–Trinajstić information content (AvgIpc) is 2.69. The van der Waals surface area contributed by atoms with Crippen molar-refractivity contribution in [3.05, 3.63) is 24.0 Å². The van der Waals surface area contributed by atoms with Gasteiger partial charge in [-0.15, -0.1) is 4.72 Å². The minimum Gasteiger partial charge on any atom is -0.598 e. The van der Waals surface area contributed by atoms with E-state index in [1.54, 1.807) is 10.9 Å². The minimum absolute atomic E-state index is 0.0165. The summed E-state index contributed by atoms with van der Waals surface area (Å²) in [5, 5.41) is 5.17. The third-order valence-corrected chi connectivity index (χ3v) is 4.61. The van der Waals surface area contributed by atoms with Gasteiger partial charge in [0.25, 0.3) is 0 Å². The van der Waals surface area contributed by atoms with E-state index >= 15 is 0 Å². The van der Waals surface area contributed by atoms with Crippen LogP contribution in [0.1, 0.15) is 39.3 Å². The van der Waals surface area contributed by atoms with Crippen LogP contribution in [-0.2, 0) is 18.4 Å². The van der Waals surface area contributed by atoms with E-state index in [9.17, 15) is 4.55 Å². The highest BCUT2D eigenvalue weighted by molar-refractivity contribution is 7.90. The van der Waals surface area contributed by atoms with Crippen LogP contribution in [-0.4, -0.2) is 24.1 Å². The van der Waals surface area contributed by atoms with E-state index < -0.39 is 11.4 Å². The maximum absolute atomic E-state index is 12.1. The number of rotatable bonds is 3. The van der Waals surface area contributed by atoms with Gasteiger partial charge in [0.15, 0.2) is 5.65 Å². The van der Waals surface area contributed by atoms with Crippen LogP contribution in [0.5, 0.6) is 0 Å². The molecule has 1 unspecified atom stereocenters. The van der Waals surface area contributed by atoms with Crippen molar-refractivity contribution in [1.82, 2.24) is 19.5 Å². The summed E-state index contributed by atoms with van der Waals surface area (Å²) in [6.07, 6.45) is 3.60. The molecule has 2 aromatic heterocycles. The third-order valence-electron chi connectivity index (χ3n) is 2.93. The molecule has 0 aromatic carbocycles. The van der Waals surface area contributed by atoms with Gasteiger partial charge in [-0.2, -0.15) is 5.10 Å². The Balaban J connectivity index is 2.19. The van der Waals surface area contributed by atoms with E-state index in [4.69, 9.17) is 0 Å². The summed E-state index contributed by atoms with van der Waals surface area (Å²) in [5.74, 6) is 0. The lowest BCUT2D eigenvalue weighted by atomic mass is 10.1. The van der Waals surface area contributed by atoms with Crippen molar-refractivity contribution in [2.24, 2.45) is 7.05 Å². The van der Waals surface area contributed by atoms with Crippen molar-refractivity contribution in [3.8, 4) is 0 Å². The predicted octanol–water partition coefficient (Wildman–Crippen LogP) is 2.08. The second kappa shape index (κ2) is 5.11. The fourth-order valence-electron chi connectivity index (χ4n) is 1.70. The lowest BCUT2D eigenvalue weighted by Gasteiger charge is -2.26. The summed E-state index contributed by atoms with van der Waals surface area (Å²) in [6.45, 7) is 7.84. The number of pyridine rings is 1. The maximum atomic E-state index is 12.1. The second-order valence-electron chi connectivity index (χ2n) is 5.67. The summed E-state index contributed by atoms with van der Waals surface area (Å²) in [5.41, 5.74) is 1.87. The smallest absolute Gasteiger partial charge is 0.157 e. The summed E-state index contributed by atoms with van der Waals surface area (Å²) < 4.78 is 16.7. The molecule has 5 nitrogen and oxygen atoms in total. The highest BCUT2D eigenvalue weighted by atomic mass is 32.2. The van der Waals surface area contributed by atoms with Gasteiger partial charge in [-0.25, -0.2) is 4.98 Å². The van der Waals surface area contributed by atoms with E-state index in [0.29, 0.717) is 0 Å². The van der Waals surface area contributed by atoms with E-state index in [0.717, 1.165) is 16.6 Å².